The van der Waals surface area contributed by atoms with Crippen molar-refractivity contribution in [3.63, 3.8) is 0 Å². The molecule has 4 rings (SSSR count). The monoisotopic (exact) mass is 339 g/mol. The lowest BCUT2D eigenvalue weighted by Gasteiger charge is -2.32. The number of morpholine rings is 1. The predicted octanol–water partition coefficient (Wildman–Crippen LogP) is 2.82. The molecule has 0 spiro atoms. The van der Waals surface area contributed by atoms with Crippen LogP contribution in [0.2, 0.25) is 0 Å². The fourth-order valence-corrected chi connectivity index (χ4v) is 3.34. The van der Waals surface area contributed by atoms with E-state index in [1.807, 2.05) is 43.3 Å². The van der Waals surface area contributed by atoms with E-state index in [0.717, 1.165) is 21.7 Å². The molecule has 0 aliphatic carbocycles. The van der Waals surface area contributed by atoms with Crippen LogP contribution in [-0.4, -0.2) is 47.7 Å². The number of rotatable bonds is 2. The molecule has 1 unspecified atom stereocenters. The number of hydrogen-bond acceptors (Lipinski definition) is 4. The van der Waals surface area contributed by atoms with Gasteiger partial charge >= 0.3 is 5.97 Å². The maximum absolute atomic E-state index is 13.0. The highest BCUT2D eigenvalue weighted by Crippen LogP contribution is 2.32. The number of benzene rings is 2. The van der Waals surface area contributed by atoms with Gasteiger partial charge in [0.25, 0.3) is 5.91 Å². The van der Waals surface area contributed by atoms with Gasteiger partial charge in [0.05, 0.1) is 13.2 Å². The molecule has 1 saturated heterocycles. The van der Waals surface area contributed by atoms with Gasteiger partial charge in [0.2, 0.25) is 0 Å². The number of hydrogen-bond donors (Lipinski definition) is 1. The number of fused-ring (bicyclic) bond motifs is 3. The number of ether oxygens (including phenoxy) is 1. The van der Waals surface area contributed by atoms with Gasteiger partial charge in [-0.1, -0.05) is 36.4 Å². The Balaban J connectivity index is 1.83. The van der Waals surface area contributed by atoms with Crippen LogP contribution in [0.3, 0.4) is 0 Å². The molecule has 1 fully saturated rings. The number of carboxylic acids is 1. The lowest BCUT2D eigenvalue weighted by molar-refractivity contribution is -0.147. The Hall–Kier alpha value is -2.86. The minimum Gasteiger partial charge on any atom is -0.480 e. The Morgan fingerprint density at radius 3 is 2.76 bits per heavy atom. The highest BCUT2D eigenvalue weighted by molar-refractivity contribution is 6.09. The van der Waals surface area contributed by atoms with Crippen LogP contribution in [0, 0.1) is 6.92 Å². The predicted molar refractivity (Wildman–Crippen MR) is 91.7 cm³/mol. The van der Waals surface area contributed by atoms with Crippen molar-refractivity contribution in [2.45, 2.75) is 13.0 Å². The summed E-state index contributed by atoms with van der Waals surface area (Å²) in [7, 11) is 0. The summed E-state index contributed by atoms with van der Waals surface area (Å²) in [6.45, 7) is 2.36. The standard InChI is InChI=1S/C19H17NO5/c1-11-13-7-6-12-4-2-3-5-14(12)17(13)25-16(11)18(21)20-8-9-24-10-15(20)19(22)23/h2-7,15H,8-10H2,1H3,(H,22,23). The lowest BCUT2D eigenvalue weighted by Crippen LogP contribution is -2.52. The molecule has 0 saturated carbocycles. The first-order chi connectivity index (χ1) is 12.1. The molecule has 2 aromatic carbocycles. The Kier molecular flexibility index (Phi) is 3.69. The van der Waals surface area contributed by atoms with Gasteiger partial charge in [-0.15, -0.1) is 0 Å². The second-order valence-electron chi connectivity index (χ2n) is 6.15. The van der Waals surface area contributed by atoms with Crippen molar-refractivity contribution < 1.29 is 23.8 Å². The minimum absolute atomic E-state index is 0.0106. The average molecular weight is 339 g/mol. The maximum atomic E-state index is 13.0. The molecule has 3 aromatic rings. The van der Waals surface area contributed by atoms with Crippen LogP contribution in [0.25, 0.3) is 21.7 Å². The number of aliphatic carboxylic acids is 1. The second-order valence-corrected chi connectivity index (χ2v) is 6.15. The number of carboxylic acid groups (broad SMARTS) is 1. The molecule has 1 aliphatic rings. The van der Waals surface area contributed by atoms with Crippen molar-refractivity contribution >= 4 is 33.6 Å². The molecule has 1 aliphatic heterocycles. The van der Waals surface area contributed by atoms with Crippen LogP contribution in [0.4, 0.5) is 0 Å². The first-order valence-corrected chi connectivity index (χ1v) is 8.10. The Morgan fingerprint density at radius 1 is 1.16 bits per heavy atom. The molecule has 25 heavy (non-hydrogen) atoms. The topological polar surface area (TPSA) is 80.0 Å². The molecule has 1 atom stereocenters. The van der Waals surface area contributed by atoms with Crippen LogP contribution in [-0.2, 0) is 9.53 Å². The fourth-order valence-electron chi connectivity index (χ4n) is 3.34. The van der Waals surface area contributed by atoms with Crippen molar-refractivity contribution in [1.82, 2.24) is 4.90 Å². The van der Waals surface area contributed by atoms with Gasteiger partial charge in [-0.25, -0.2) is 4.79 Å². The van der Waals surface area contributed by atoms with E-state index in [2.05, 4.69) is 0 Å². The van der Waals surface area contributed by atoms with E-state index in [4.69, 9.17) is 9.15 Å². The zero-order valence-electron chi connectivity index (χ0n) is 13.7. The zero-order chi connectivity index (χ0) is 17.6. The molecule has 6 heteroatoms. The van der Waals surface area contributed by atoms with Crippen molar-refractivity contribution in [2.75, 3.05) is 19.8 Å². The number of carbonyl (C=O) groups excluding carboxylic acids is 1. The Morgan fingerprint density at radius 2 is 1.96 bits per heavy atom. The third kappa shape index (κ3) is 2.46. The number of nitrogens with zero attached hydrogens (tertiary/aromatic N) is 1. The van der Waals surface area contributed by atoms with E-state index in [0.29, 0.717) is 12.2 Å². The van der Waals surface area contributed by atoms with E-state index >= 15 is 0 Å². The summed E-state index contributed by atoms with van der Waals surface area (Å²) in [5.74, 6) is -1.29. The summed E-state index contributed by atoms with van der Waals surface area (Å²) in [5, 5.41) is 12.2. The zero-order valence-corrected chi connectivity index (χ0v) is 13.7. The molecule has 1 aromatic heterocycles. The fraction of sp³-hybridized carbons (Fsp3) is 0.263. The highest BCUT2D eigenvalue weighted by atomic mass is 16.5. The van der Waals surface area contributed by atoms with Gasteiger partial charge in [-0.3, -0.25) is 4.79 Å². The van der Waals surface area contributed by atoms with E-state index < -0.39 is 17.9 Å². The molecular formula is C19H17NO5. The van der Waals surface area contributed by atoms with E-state index in [1.54, 1.807) is 0 Å². The number of amides is 1. The molecule has 128 valence electrons. The van der Waals surface area contributed by atoms with Crippen LogP contribution in [0.5, 0.6) is 0 Å². The summed E-state index contributed by atoms with van der Waals surface area (Å²) in [5.41, 5.74) is 1.38. The molecule has 1 N–H and O–H groups in total. The molecule has 0 radical (unpaired) electrons. The van der Waals surface area contributed by atoms with Crippen LogP contribution in [0.15, 0.2) is 40.8 Å². The van der Waals surface area contributed by atoms with E-state index in [9.17, 15) is 14.7 Å². The van der Waals surface area contributed by atoms with Gasteiger partial charge in [-0.05, 0) is 12.3 Å². The van der Waals surface area contributed by atoms with Crippen LogP contribution in [0.1, 0.15) is 16.1 Å². The van der Waals surface area contributed by atoms with Gasteiger partial charge in [0.1, 0.15) is 5.58 Å². The lowest BCUT2D eigenvalue weighted by atomic mass is 10.1. The summed E-state index contributed by atoms with van der Waals surface area (Å²) in [4.78, 5) is 25.7. The summed E-state index contributed by atoms with van der Waals surface area (Å²) >= 11 is 0. The van der Waals surface area contributed by atoms with E-state index in [1.165, 1.54) is 4.90 Å². The van der Waals surface area contributed by atoms with Crippen molar-refractivity contribution in [3.8, 4) is 0 Å². The Labute approximate surface area is 143 Å². The highest BCUT2D eigenvalue weighted by Gasteiger charge is 2.35. The van der Waals surface area contributed by atoms with Crippen LogP contribution >= 0.6 is 0 Å². The molecule has 0 bridgehead atoms. The second kappa shape index (κ2) is 5.89. The normalized spacial score (nSPS) is 18.0. The third-order valence-electron chi connectivity index (χ3n) is 4.70. The summed E-state index contributed by atoms with van der Waals surface area (Å²) < 4.78 is 11.1. The SMILES string of the molecule is Cc1c(C(=O)N2CCOCC2C(=O)O)oc2c1ccc1ccccc12. The first kappa shape index (κ1) is 15.7. The minimum atomic E-state index is -1.08. The van der Waals surface area contributed by atoms with Crippen molar-refractivity contribution in [2.24, 2.45) is 0 Å². The smallest absolute Gasteiger partial charge is 0.328 e. The van der Waals surface area contributed by atoms with Gasteiger partial charge in [0.15, 0.2) is 11.8 Å². The average Bonchev–Trinajstić information content (AvgIpc) is 2.98. The quantitative estimate of drug-likeness (QED) is 0.776. The molecule has 1 amide bonds. The Bertz CT molecular complexity index is 990. The van der Waals surface area contributed by atoms with Crippen molar-refractivity contribution in [1.29, 1.82) is 0 Å². The molecule has 6 nitrogen and oxygen atoms in total. The molecular weight excluding hydrogens is 322 g/mol. The van der Waals surface area contributed by atoms with Gasteiger partial charge in [0, 0.05) is 22.9 Å². The summed E-state index contributed by atoms with van der Waals surface area (Å²) in [6, 6.07) is 10.7. The number of aryl methyl sites for hydroxylation is 1. The third-order valence-corrected chi connectivity index (χ3v) is 4.70. The van der Waals surface area contributed by atoms with Crippen LogP contribution < -0.4 is 0 Å². The maximum Gasteiger partial charge on any atom is 0.328 e. The van der Waals surface area contributed by atoms with Crippen molar-refractivity contribution in [3.05, 3.63) is 47.7 Å². The van der Waals surface area contributed by atoms with Gasteiger partial charge < -0.3 is 19.2 Å². The first-order valence-electron chi connectivity index (χ1n) is 8.10. The van der Waals surface area contributed by atoms with E-state index in [-0.39, 0.29) is 18.9 Å². The number of carbonyl (C=O) groups is 2. The summed E-state index contributed by atoms with van der Waals surface area (Å²) in [6.07, 6.45) is 0. The number of furan rings is 1. The van der Waals surface area contributed by atoms with Gasteiger partial charge in [-0.2, -0.15) is 0 Å². The largest absolute Gasteiger partial charge is 0.480 e. The molecule has 2 heterocycles.